The van der Waals surface area contributed by atoms with E-state index in [4.69, 9.17) is 4.74 Å². The Morgan fingerprint density at radius 3 is 1.83 bits per heavy atom. The number of carbonyl (C=O) groups excluding carboxylic acids is 3. The van der Waals surface area contributed by atoms with E-state index in [2.05, 4.69) is 0 Å². The number of hydrogen-bond acceptors (Lipinski definition) is 5. The molecule has 5 rings (SSSR count). The molecule has 1 aliphatic rings. The van der Waals surface area contributed by atoms with Gasteiger partial charge in [-0.3, -0.25) is 14.4 Å². The molecule has 0 aromatic heterocycles. The first-order valence-corrected chi connectivity index (χ1v) is 12.0. The number of hydrogen-bond donors (Lipinski definition) is 0. The van der Waals surface area contributed by atoms with Crippen molar-refractivity contribution in [2.24, 2.45) is 0 Å². The minimum absolute atomic E-state index is 0.138. The number of fused-ring (bicyclic) bond motifs is 1. The third-order valence-electron chi connectivity index (χ3n) is 5.63. The first-order chi connectivity index (χ1) is 17.1. The SMILES string of the molecule is O=C1C(=Cc2ccc(OC(=O)[C@@H](Sc3ccccc3)c3ccccc3)cc2)C(=O)c2ccccc21. The van der Waals surface area contributed by atoms with Gasteiger partial charge >= 0.3 is 5.97 Å². The van der Waals surface area contributed by atoms with Crippen molar-refractivity contribution in [2.75, 3.05) is 0 Å². The number of rotatable bonds is 6. The highest BCUT2D eigenvalue weighted by Crippen LogP contribution is 2.36. The summed E-state index contributed by atoms with van der Waals surface area (Å²) in [5.74, 6) is -0.540. The Morgan fingerprint density at radius 2 is 1.23 bits per heavy atom. The van der Waals surface area contributed by atoms with Gasteiger partial charge in [-0.05, 0) is 41.5 Å². The summed E-state index contributed by atoms with van der Waals surface area (Å²) in [6, 6.07) is 32.8. The molecule has 0 N–H and O–H groups in total. The van der Waals surface area contributed by atoms with Crippen molar-refractivity contribution in [3.05, 3.63) is 137 Å². The third kappa shape index (κ3) is 4.86. The third-order valence-corrected chi connectivity index (χ3v) is 6.87. The van der Waals surface area contributed by atoms with E-state index < -0.39 is 5.25 Å². The Hall–Kier alpha value is -4.22. The molecule has 0 aliphatic heterocycles. The Bertz CT molecular complexity index is 1390. The van der Waals surface area contributed by atoms with Gasteiger partial charge in [-0.2, -0.15) is 0 Å². The number of esters is 1. The van der Waals surface area contributed by atoms with Crippen LogP contribution in [0.15, 0.2) is 120 Å². The molecule has 170 valence electrons. The molecule has 0 fully saturated rings. The predicted octanol–water partition coefficient (Wildman–Crippen LogP) is 6.59. The minimum atomic E-state index is -0.535. The molecule has 0 bridgehead atoms. The first-order valence-electron chi connectivity index (χ1n) is 11.1. The molecule has 0 heterocycles. The van der Waals surface area contributed by atoms with Gasteiger partial charge in [-0.15, -0.1) is 11.8 Å². The minimum Gasteiger partial charge on any atom is -0.425 e. The number of allylic oxidation sites excluding steroid dienone is 1. The normalized spacial score (nSPS) is 13.3. The van der Waals surface area contributed by atoms with Crippen LogP contribution in [0.1, 0.15) is 37.1 Å². The predicted molar refractivity (Wildman–Crippen MR) is 137 cm³/mol. The maximum absolute atomic E-state index is 13.1. The van der Waals surface area contributed by atoms with Gasteiger partial charge in [0.15, 0.2) is 11.6 Å². The fourth-order valence-corrected chi connectivity index (χ4v) is 4.91. The van der Waals surface area contributed by atoms with Gasteiger partial charge in [0.2, 0.25) is 0 Å². The summed E-state index contributed by atoms with van der Waals surface area (Å²) in [6.07, 6.45) is 1.58. The number of ketones is 2. The molecule has 0 saturated carbocycles. The topological polar surface area (TPSA) is 60.4 Å². The lowest BCUT2D eigenvalue weighted by atomic mass is 10.1. The Kier molecular flexibility index (Phi) is 6.42. The zero-order valence-corrected chi connectivity index (χ0v) is 19.4. The van der Waals surface area contributed by atoms with Gasteiger partial charge in [-0.1, -0.05) is 84.9 Å². The Balaban J connectivity index is 1.34. The molecular formula is C30H20O4S. The van der Waals surface area contributed by atoms with Crippen LogP contribution in [-0.4, -0.2) is 17.5 Å². The van der Waals surface area contributed by atoms with Gasteiger partial charge in [0.05, 0.1) is 5.57 Å². The van der Waals surface area contributed by atoms with E-state index in [1.807, 2.05) is 60.7 Å². The molecule has 0 spiro atoms. The van der Waals surface area contributed by atoms with Crippen molar-refractivity contribution in [1.82, 2.24) is 0 Å². The number of ether oxygens (including phenoxy) is 1. The fourth-order valence-electron chi connectivity index (χ4n) is 3.89. The van der Waals surface area contributed by atoms with Crippen LogP contribution in [0.2, 0.25) is 0 Å². The summed E-state index contributed by atoms with van der Waals surface area (Å²) in [7, 11) is 0. The second kappa shape index (κ2) is 9.95. The number of thioether (sulfide) groups is 1. The molecule has 1 aliphatic carbocycles. The Morgan fingerprint density at radius 1 is 0.686 bits per heavy atom. The standard InChI is InChI=1S/C30H20O4S/c31-27-24-13-7-8-14-25(24)28(32)26(27)19-20-15-17-22(18-16-20)34-30(33)29(21-9-3-1-4-10-21)35-23-11-5-2-6-12-23/h1-19,29H/t29-/m0/s1. The van der Waals surface area contributed by atoms with Gasteiger partial charge in [-0.25, -0.2) is 0 Å². The Labute approximate surface area is 207 Å². The molecular weight excluding hydrogens is 456 g/mol. The number of Topliss-reactive ketones (excluding diaryl/α,β-unsaturated/α-hetero) is 2. The molecule has 4 aromatic rings. The molecule has 0 unspecified atom stereocenters. The van der Waals surface area contributed by atoms with E-state index in [1.165, 1.54) is 11.8 Å². The zero-order chi connectivity index (χ0) is 24.2. The lowest BCUT2D eigenvalue weighted by molar-refractivity contribution is -0.133. The maximum atomic E-state index is 13.1. The highest BCUT2D eigenvalue weighted by molar-refractivity contribution is 8.00. The van der Waals surface area contributed by atoms with Crippen LogP contribution >= 0.6 is 11.8 Å². The van der Waals surface area contributed by atoms with Gasteiger partial charge in [0.25, 0.3) is 0 Å². The smallest absolute Gasteiger partial charge is 0.329 e. The van der Waals surface area contributed by atoms with Crippen molar-refractivity contribution in [1.29, 1.82) is 0 Å². The van der Waals surface area contributed by atoms with Crippen molar-refractivity contribution < 1.29 is 19.1 Å². The zero-order valence-electron chi connectivity index (χ0n) is 18.6. The van der Waals surface area contributed by atoms with Crippen LogP contribution in [0, 0.1) is 0 Å². The largest absolute Gasteiger partial charge is 0.425 e. The van der Waals surface area contributed by atoms with Crippen LogP contribution < -0.4 is 4.74 Å². The lowest BCUT2D eigenvalue weighted by Gasteiger charge is -2.16. The highest BCUT2D eigenvalue weighted by Gasteiger charge is 2.32. The van der Waals surface area contributed by atoms with Crippen LogP contribution in [0.4, 0.5) is 0 Å². The quantitative estimate of drug-likeness (QED) is 0.103. The van der Waals surface area contributed by atoms with Crippen molar-refractivity contribution in [3.63, 3.8) is 0 Å². The van der Waals surface area contributed by atoms with Gasteiger partial charge in [0, 0.05) is 16.0 Å². The van der Waals surface area contributed by atoms with Crippen molar-refractivity contribution in [3.8, 4) is 5.75 Å². The summed E-state index contributed by atoms with van der Waals surface area (Å²) in [5.41, 5.74) is 2.52. The molecule has 4 aromatic carbocycles. The van der Waals surface area contributed by atoms with E-state index in [9.17, 15) is 14.4 Å². The van der Waals surface area contributed by atoms with Gasteiger partial charge in [0.1, 0.15) is 11.0 Å². The van der Waals surface area contributed by atoms with E-state index >= 15 is 0 Å². The van der Waals surface area contributed by atoms with Crippen LogP contribution in [0.25, 0.3) is 6.08 Å². The van der Waals surface area contributed by atoms with E-state index in [0.29, 0.717) is 22.4 Å². The van der Waals surface area contributed by atoms with E-state index in [1.54, 1.807) is 54.6 Å². The summed E-state index contributed by atoms with van der Waals surface area (Å²) in [6.45, 7) is 0. The lowest BCUT2D eigenvalue weighted by Crippen LogP contribution is -2.16. The summed E-state index contributed by atoms with van der Waals surface area (Å²) >= 11 is 1.43. The van der Waals surface area contributed by atoms with Crippen molar-refractivity contribution >= 4 is 35.4 Å². The molecule has 0 amide bonds. The highest BCUT2D eigenvalue weighted by atomic mass is 32.2. The molecule has 5 heteroatoms. The van der Waals surface area contributed by atoms with Crippen LogP contribution in [0.3, 0.4) is 0 Å². The second-order valence-corrected chi connectivity index (χ2v) is 9.15. The summed E-state index contributed by atoms with van der Waals surface area (Å²) < 4.78 is 5.71. The molecule has 0 saturated heterocycles. The van der Waals surface area contributed by atoms with E-state index in [0.717, 1.165) is 10.5 Å². The maximum Gasteiger partial charge on any atom is 0.329 e. The van der Waals surface area contributed by atoms with Gasteiger partial charge < -0.3 is 4.74 Å². The van der Waals surface area contributed by atoms with Crippen LogP contribution in [-0.2, 0) is 4.79 Å². The molecule has 0 radical (unpaired) electrons. The molecule has 35 heavy (non-hydrogen) atoms. The summed E-state index contributed by atoms with van der Waals surface area (Å²) in [5, 5.41) is -0.535. The molecule has 4 nitrogen and oxygen atoms in total. The second-order valence-electron chi connectivity index (χ2n) is 7.97. The van der Waals surface area contributed by atoms with E-state index in [-0.39, 0.29) is 23.1 Å². The summed E-state index contributed by atoms with van der Waals surface area (Å²) in [4.78, 5) is 39.4. The first kappa shape index (κ1) is 22.6. The number of benzene rings is 4. The van der Waals surface area contributed by atoms with Crippen LogP contribution in [0.5, 0.6) is 5.75 Å². The molecule has 1 atom stereocenters. The monoisotopic (exact) mass is 476 g/mol. The average Bonchev–Trinajstić information content (AvgIpc) is 3.14. The van der Waals surface area contributed by atoms with Crippen molar-refractivity contribution in [2.45, 2.75) is 10.1 Å². The fraction of sp³-hybridized carbons (Fsp3) is 0.0333. The average molecular weight is 477 g/mol. The number of carbonyl (C=O) groups is 3.